The van der Waals surface area contributed by atoms with Crippen molar-refractivity contribution in [2.45, 2.75) is 45.6 Å². The monoisotopic (exact) mass is 222 g/mol. The van der Waals surface area contributed by atoms with E-state index in [9.17, 15) is 5.11 Å². The average Bonchev–Trinajstić information content (AvgIpc) is 2.36. The smallest absolute Gasteiger partial charge is 0.0867 e. The van der Waals surface area contributed by atoms with Crippen LogP contribution in [0.5, 0.6) is 0 Å². The van der Waals surface area contributed by atoms with Crippen LogP contribution >= 0.6 is 0 Å². The standard InChI is InChI=1S/C14H22O2/c1-13(2,15)11-4-6-14(3)7-9-16-8-5-12(14)10-11/h5,7-9,11-12,15H,4,6,10H2,1-3H3. The number of aliphatic hydroxyl groups is 1. The highest BCUT2D eigenvalue weighted by Crippen LogP contribution is 2.48. The van der Waals surface area contributed by atoms with Crippen LogP contribution < -0.4 is 0 Å². The second-order valence-electron chi connectivity index (χ2n) is 6.00. The van der Waals surface area contributed by atoms with Gasteiger partial charge >= 0.3 is 0 Å². The zero-order chi connectivity index (χ0) is 11.8. The molecule has 3 atom stereocenters. The molecule has 0 amide bonds. The number of rotatable bonds is 1. The van der Waals surface area contributed by atoms with Gasteiger partial charge in [0.25, 0.3) is 0 Å². The van der Waals surface area contributed by atoms with Crippen molar-refractivity contribution in [1.82, 2.24) is 0 Å². The second kappa shape index (κ2) is 3.92. The maximum absolute atomic E-state index is 10.1. The molecule has 1 N–H and O–H groups in total. The lowest BCUT2D eigenvalue weighted by Crippen LogP contribution is -2.40. The minimum atomic E-state index is -0.563. The molecule has 2 heteroatoms. The van der Waals surface area contributed by atoms with Crippen LogP contribution in [-0.4, -0.2) is 10.7 Å². The quantitative estimate of drug-likeness (QED) is 0.738. The van der Waals surface area contributed by atoms with Crippen LogP contribution in [0.2, 0.25) is 0 Å². The molecule has 90 valence electrons. The Kier molecular flexibility index (Phi) is 2.87. The van der Waals surface area contributed by atoms with Crippen LogP contribution in [0.4, 0.5) is 0 Å². The summed E-state index contributed by atoms with van der Waals surface area (Å²) in [6, 6.07) is 0. The maximum atomic E-state index is 10.1. The Bertz CT molecular complexity index is 311. The van der Waals surface area contributed by atoms with Crippen molar-refractivity contribution in [2.75, 3.05) is 0 Å². The Labute approximate surface area is 98.0 Å². The summed E-state index contributed by atoms with van der Waals surface area (Å²) in [5, 5.41) is 10.1. The molecule has 16 heavy (non-hydrogen) atoms. The van der Waals surface area contributed by atoms with Gasteiger partial charge in [-0.1, -0.05) is 6.92 Å². The molecule has 2 nitrogen and oxygen atoms in total. The van der Waals surface area contributed by atoms with Crippen molar-refractivity contribution < 1.29 is 9.84 Å². The summed E-state index contributed by atoms with van der Waals surface area (Å²) in [5.74, 6) is 0.873. The van der Waals surface area contributed by atoms with Crippen LogP contribution in [0, 0.1) is 17.3 Å². The Morgan fingerprint density at radius 3 is 2.81 bits per heavy atom. The van der Waals surface area contributed by atoms with Gasteiger partial charge in [-0.15, -0.1) is 0 Å². The van der Waals surface area contributed by atoms with Crippen LogP contribution in [0.25, 0.3) is 0 Å². The lowest BCUT2D eigenvalue weighted by Gasteiger charge is -2.44. The van der Waals surface area contributed by atoms with Crippen LogP contribution in [0.15, 0.2) is 24.7 Å². The van der Waals surface area contributed by atoms with Gasteiger partial charge in [0.1, 0.15) is 0 Å². The van der Waals surface area contributed by atoms with E-state index in [2.05, 4.69) is 19.1 Å². The van der Waals surface area contributed by atoms with Gasteiger partial charge < -0.3 is 9.84 Å². The third kappa shape index (κ3) is 2.17. The Morgan fingerprint density at radius 2 is 2.12 bits per heavy atom. The molecule has 1 aliphatic carbocycles. The van der Waals surface area contributed by atoms with E-state index in [4.69, 9.17) is 4.74 Å². The van der Waals surface area contributed by atoms with Crippen molar-refractivity contribution >= 4 is 0 Å². The Hall–Kier alpha value is -0.760. The van der Waals surface area contributed by atoms with Crippen molar-refractivity contribution in [3.63, 3.8) is 0 Å². The molecule has 2 rings (SSSR count). The molecule has 1 aliphatic heterocycles. The maximum Gasteiger partial charge on any atom is 0.0867 e. The summed E-state index contributed by atoms with van der Waals surface area (Å²) in [5.41, 5.74) is -0.360. The molecule has 0 saturated heterocycles. The summed E-state index contributed by atoms with van der Waals surface area (Å²) in [4.78, 5) is 0. The van der Waals surface area contributed by atoms with Gasteiger partial charge in [-0.3, -0.25) is 0 Å². The normalized spacial score (nSPS) is 38.8. The molecule has 3 unspecified atom stereocenters. The summed E-state index contributed by atoms with van der Waals surface area (Å²) in [7, 11) is 0. The number of fused-ring (bicyclic) bond motifs is 1. The summed E-state index contributed by atoms with van der Waals surface area (Å²) in [6.07, 6.45) is 11.2. The minimum absolute atomic E-state index is 0.203. The molecule has 0 aromatic rings. The van der Waals surface area contributed by atoms with E-state index < -0.39 is 5.60 Å². The zero-order valence-electron chi connectivity index (χ0n) is 10.4. The van der Waals surface area contributed by atoms with E-state index in [1.807, 2.05) is 13.8 Å². The van der Waals surface area contributed by atoms with Gasteiger partial charge in [0.2, 0.25) is 0 Å². The Balaban J connectivity index is 2.17. The topological polar surface area (TPSA) is 29.5 Å². The van der Waals surface area contributed by atoms with Crippen molar-refractivity contribution in [3.05, 3.63) is 24.7 Å². The van der Waals surface area contributed by atoms with Crippen LogP contribution in [0.3, 0.4) is 0 Å². The van der Waals surface area contributed by atoms with Gasteiger partial charge in [-0.25, -0.2) is 0 Å². The first-order chi connectivity index (χ1) is 7.42. The number of hydrogen-bond donors (Lipinski definition) is 1. The number of allylic oxidation sites excluding steroid dienone is 2. The lowest BCUT2D eigenvalue weighted by molar-refractivity contribution is -0.0228. The minimum Gasteiger partial charge on any atom is -0.473 e. The summed E-state index contributed by atoms with van der Waals surface area (Å²) in [6.45, 7) is 6.13. The van der Waals surface area contributed by atoms with Crippen molar-refractivity contribution in [1.29, 1.82) is 0 Å². The number of hydrogen-bond acceptors (Lipinski definition) is 2. The molecule has 2 aliphatic rings. The van der Waals surface area contributed by atoms with E-state index in [1.165, 1.54) is 0 Å². The van der Waals surface area contributed by atoms with Crippen molar-refractivity contribution in [2.24, 2.45) is 17.3 Å². The SMILES string of the molecule is CC(C)(O)C1CCC2(C)C=COC=CC2C1. The molecule has 0 aromatic heterocycles. The molecular formula is C14H22O2. The van der Waals surface area contributed by atoms with Crippen molar-refractivity contribution in [3.8, 4) is 0 Å². The molecule has 0 radical (unpaired) electrons. The molecule has 1 fully saturated rings. The third-order valence-electron chi connectivity index (χ3n) is 4.33. The molecule has 0 spiro atoms. The predicted octanol–water partition coefficient (Wildman–Crippen LogP) is 3.24. The largest absolute Gasteiger partial charge is 0.473 e. The molecule has 1 saturated carbocycles. The fourth-order valence-electron chi connectivity index (χ4n) is 2.89. The van der Waals surface area contributed by atoms with E-state index in [0.29, 0.717) is 11.8 Å². The highest BCUT2D eigenvalue weighted by Gasteiger charge is 2.41. The van der Waals surface area contributed by atoms with Gasteiger partial charge in [0.05, 0.1) is 18.1 Å². The number of ether oxygens (including phenoxy) is 1. The van der Waals surface area contributed by atoms with E-state index in [0.717, 1.165) is 19.3 Å². The first-order valence-electron chi connectivity index (χ1n) is 6.14. The van der Waals surface area contributed by atoms with Gasteiger partial charge in [-0.05, 0) is 62.5 Å². The zero-order valence-corrected chi connectivity index (χ0v) is 10.4. The average molecular weight is 222 g/mol. The van der Waals surface area contributed by atoms with Gasteiger partial charge in [-0.2, -0.15) is 0 Å². The van der Waals surface area contributed by atoms with Gasteiger partial charge in [0.15, 0.2) is 0 Å². The van der Waals surface area contributed by atoms with E-state index in [1.54, 1.807) is 12.5 Å². The fraction of sp³-hybridized carbons (Fsp3) is 0.714. The van der Waals surface area contributed by atoms with Crippen LogP contribution in [-0.2, 0) is 4.74 Å². The van der Waals surface area contributed by atoms with E-state index in [-0.39, 0.29) is 5.41 Å². The fourth-order valence-corrected chi connectivity index (χ4v) is 2.89. The highest BCUT2D eigenvalue weighted by molar-refractivity contribution is 5.10. The summed E-state index contributed by atoms with van der Waals surface area (Å²) < 4.78 is 5.25. The van der Waals surface area contributed by atoms with Crippen LogP contribution in [0.1, 0.15) is 40.0 Å². The summed E-state index contributed by atoms with van der Waals surface area (Å²) >= 11 is 0. The third-order valence-corrected chi connectivity index (χ3v) is 4.33. The predicted molar refractivity (Wildman–Crippen MR) is 64.6 cm³/mol. The first kappa shape index (κ1) is 11.7. The highest BCUT2D eigenvalue weighted by atomic mass is 16.5. The molecule has 1 heterocycles. The second-order valence-corrected chi connectivity index (χ2v) is 6.00. The first-order valence-corrected chi connectivity index (χ1v) is 6.14. The Morgan fingerprint density at radius 1 is 1.38 bits per heavy atom. The van der Waals surface area contributed by atoms with Gasteiger partial charge in [0, 0.05) is 0 Å². The molecular weight excluding hydrogens is 200 g/mol. The lowest BCUT2D eigenvalue weighted by atomic mass is 9.62. The molecule has 0 bridgehead atoms. The molecule has 0 aromatic carbocycles. The van der Waals surface area contributed by atoms with E-state index >= 15 is 0 Å².